The molecule has 0 saturated carbocycles. The monoisotopic (exact) mass is 450 g/mol. The number of hydrogen-bond acceptors (Lipinski definition) is 5. The first-order valence-electron chi connectivity index (χ1n) is 10.4. The van der Waals surface area contributed by atoms with Crippen LogP contribution in [0.4, 0.5) is 24.7 Å². The van der Waals surface area contributed by atoms with Crippen LogP contribution < -0.4 is 9.80 Å². The molecule has 1 unspecified atom stereocenters. The van der Waals surface area contributed by atoms with Gasteiger partial charge in [-0.05, 0) is 30.7 Å². The van der Waals surface area contributed by atoms with E-state index in [9.17, 15) is 18.0 Å². The predicted octanol–water partition coefficient (Wildman–Crippen LogP) is 4.14. The zero-order valence-corrected chi connectivity index (χ0v) is 18.1. The zero-order valence-electron chi connectivity index (χ0n) is 17.3. The molecule has 3 heterocycles. The van der Waals surface area contributed by atoms with E-state index in [4.69, 9.17) is 0 Å². The molecule has 5 nitrogen and oxygen atoms in total. The number of anilines is 2. The van der Waals surface area contributed by atoms with Crippen molar-refractivity contribution in [1.82, 2.24) is 9.88 Å². The summed E-state index contributed by atoms with van der Waals surface area (Å²) in [4.78, 5) is 24.2. The normalized spacial score (nSPS) is 20.3. The Morgan fingerprint density at radius 2 is 1.84 bits per heavy atom. The number of piperazine rings is 1. The van der Waals surface area contributed by atoms with Crippen molar-refractivity contribution < 1.29 is 18.0 Å². The first-order valence-corrected chi connectivity index (χ1v) is 11.3. The number of rotatable bonds is 3. The largest absolute Gasteiger partial charge is 0.417 e. The molecule has 166 valence electrons. The summed E-state index contributed by atoms with van der Waals surface area (Å²) < 4.78 is 38.2. The highest BCUT2D eigenvalue weighted by atomic mass is 32.2. The number of pyridine rings is 1. The molecule has 9 heteroatoms. The molecule has 1 fully saturated rings. The van der Waals surface area contributed by atoms with Crippen molar-refractivity contribution in [2.45, 2.75) is 29.7 Å². The molecule has 1 saturated heterocycles. The molecule has 2 aromatic rings. The first-order chi connectivity index (χ1) is 14.8. The zero-order chi connectivity index (χ0) is 22.0. The number of fused-ring (bicyclic) bond motifs is 1. The van der Waals surface area contributed by atoms with E-state index < -0.39 is 11.7 Å². The van der Waals surface area contributed by atoms with Crippen molar-refractivity contribution in [3.8, 4) is 0 Å². The molecule has 4 rings (SSSR count). The summed E-state index contributed by atoms with van der Waals surface area (Å²) in [6.45, 7) is 5.79. The molecule has 1 atom stereocenters. The highest BCUT2D eigenvalue weighted by Crippen LogP contribution is 2.37. The molecule has 0 aliphatic carbocycles. The molecule has 1 aromatic carbocycles. The second-order valence-electron chi connectivity index (χ2n) is 7.90. The van der Waals surface area contributed by atoms with Crippen LogP contribution in [0.15, 0.2) is 47.5 Å². The van der Waals surface area contributed by atoms with E-state index in [1.54, 1.807) is 0 Å². The van der Waals surface area contributed by atoms with Gasteiger partial charge in [-0.15, -0.1) is 11.8 Å². The summed E-state index contributed by atoms with van der Waals surface area (Å²) in [6, 6.07) is 10.5. The van der Waals surface area contributed by atoms with Crippen molar-refractivity contribution in [1.29, 1.82) is 0 Å². The van der Waals surface area contributed by atoms with Crippen LogP contribution >= 0.6 is 11.8 Å². The lowest BCUT2D eigenvalue weighted by molar-refractivity contribution is -0.137. The van der Waals surface area contributed by atoms with E-state index in [-0.39, 0.29) is 5.91 Å². The Bertz CT molecular complexity index is 914. The van der Waals surface area contributed by atoms with E-state index in [1.165, 1.54) is 6.07 Å². The number of amides is 1. The SMILES string of the molecule is CC1CCN(C(=O)CN2CCN(c3ccc(C(F)(F)F)cn3)CC2)c2ccccc2S1. The van der Waals surface area contributed by atoms with E-state index in [2.05, 4.69) is 22.9 Å². The van der Waals surface area contributed by atoms with Gasteiger partial charge in [-0.2, -0.15) is 13.2 Å². The lowest BCUT2D eigenvalue weighted by atomic mass is 10.2. The summed E-state index contributed by atoms with van der Waals surface area (Å²) in [6.07, 6.45) is -2.56. The van der Waals surface area contributed by atoms with Gasteiger partial charge in [-0.3, -0.25) is 9.69 Å². The number of hydrogen-bond donors (Lipinski definition) is 0. The molecule has 1 aromatic heterocycles. The smallest absolute Gasteiger partial charge is 0.354 e. The highest BCUT2D eigenvalue weighted by molar-refractivity contribution is 8.00. The number of halogens is 3. The number of alkyl halides is 3. The van der Waals surface area contributed by atoms with Crippen LogP contribution in [0.3, 0.4) is 0 Å². The van der Waals surface area contributed by atoms with Gasteiger partial charge < -0.3 is 9.80 Å². The van der Waals surface area contributed by atoms with Gasteiger partial charge in [-0.25, -0.2) is 4.98 Å². The number of thioether (sulfide) groups is 1. The number of carbonyl (C=O) groups is 1. The molecular formula is C22H25F3N4OS. The average Bonchev–Trinajstić information content (AvgIpc) is 2.92. The van der Waals surface area contributed by atoms with E-state index in [0.29, 0.717) is 50.3 Å². The summed E-state index contributed by atoms with van der Waals surface area (Å²) >= 11 is 1.81. The van der Waals surface area contributed by atoms with Gasteiger partial charge in [0, 0.05) is 49.1 Å². The molecule has 2 aliphatic heterocycles. The fourth-order valence-electron chi connectivity index (χ4n) is 3.90. The van der Waals surface area contributed by atoms with Gasteiger partial charge in [0.05, 0.1) is 17.8 Å². The fourth-order valence-corrected chi connectivity index (χ4v) is 5.01. The van der Waals surface area contributed by atoms with Gasteiger partial charge in [-0.1, -0.05) is 19.1 Å². The average molecular weight is 451 g/mol. The van der Waals surface area contributed by atoms with Gasteiger partial charge in [0.2, 0.25) is 5.91 Å². The van der Waals surface area contributed by atoms with Crippen molar-refractivity contribution >= 4 is 29.2 Å². The summed E-state index contributed by atoms with van der Waals surface area (Å²) in [5.74, 6) is 0.620. The van der Waals surface area contributed by atoms with Crippen molar-refractivity contribution in [2.24, 2.45) is 0 Å². The fraction of sp³-hybridized carbons (Fsp3) is 0.455. The van der Waals surface area contributed by atoms with Crippen LogP contribution in [-0.4, -0.2) is 60.3 Å². The Morgan fingerprint density at radius 1 is 1.10 bits per heavy atom. The number of para-hydroxylation sites is 1. The van der Waals surface area contributed by atoms with Gasteiger partial charge in [0.1, 0.15) is 5.82 Å². The highest BCUT2D eigenvalue weighted by Gasteiger charge is 2.31. The topological polar surface area (TPSA) is 39.7 Å². The maximum atomic E-state index is 13.1. The number of aromatic nitrogens is 1. The quantitative estimate of drug-likeness (QED) is 0.703. The Kier molecular flexibility index (Phi) is 6.43. The minimum atomic E-state index is -4.38. The molecule has 31 heavy (non-hydrogen) atoms. The molecule has 1 amide bonds. The van der Waals surface area contributed by atoms with E-state index in [0.717, 1.165) is 29.3 Å². The van der Waals surface area contributed by atoms with Crippen molar-refractivity contribution in [3.05, 3.63) is 48.2 Å². The van der Waals surface area contributed by atoms with E-state index in [1.807, 2.05) is 39.8 Å². The van der Waals surface area contributed by atoms with Crippen LogP contribution in [0.2, 0.25) is 0 Å². The van der Waals surface area contributed by atoms with Crippen molar-refractivity contribution in [3.63, 3.8) is 0 Å². The van der Waals surface area contributed by atoms with Crippen molar-refractivity contribution in [2.75, 3.05) is 49.1 Å². The van der Waals surface area contributed by atoms with Crippen LogP contribution in [-0.2, 0) is 11.0 Å². The second kappa shape index (κ2) is 9.08. The van der Waals surface area contributed by atoms with Gasteiger partial charge in [0.15, 0.2) is 0 Å². The third-order valence-corrected chi connectivity index (χ3v) is 6.91. The number of carbonyl (C=O) groups excluding carboxylic acids is 1. The number of nitrogens with zero attached hydrogens (tertiary/aromatic N) is 4. The minimum Gasteiger partial charge on any atom is -0.354 e. The third kappa shape index (κ3) is 5.15. The maximum Gasteiger partial charge on any atom is 0.417 e. The third-order valence-electron chi connectivity index (χ3n) is 5.67. The number of benzene rings is 1. The molecule has 0 spiro atoms. The Hall–Kier alpha value is -2.26. The standard InChI is InChI=1S/C22H25F3N4OS/c1-16-8-9-29(18-4-2-3-5-19(18)31-16)21(30)15-27-10-12-28(13-11-27)20-7-6-17(14-26-20)22(23,24)25/h2-7,14,16H,8-13,15H2,1H3. The molecule has 0 bridgehead atoms. The second-order valence-corrected chi connectivity index (χ2v) is 9.38. The van der Waals surface area contributed by atoms with E-state index >= 15 is 0 Å². The summed E-state index contributed by atoms with van der Waals surface area (Å²) in [7, 11) is 0. The van der Waals surface area contributed by atoms with Crippen LogP contribution in [0.5, 0.6) is 0 Å². The molecule has 2 aliphatic rings. The molecule has 0 radical (unpaired) electrons. The van der Waals surface area contributed by atoms with Crippen LogP contribution in [0, 0.1) is 0 Å². The predicted molar refractivity (Wildman–Crippen MR) is 117 cm³/mol. The summed E-state index contributed by atoms with van der Waals surface area (Å²) in [5, 5.41) is 0.457. The Morgan fingerprint density at radius 3 is 2.52 bits per heavy atom. The maximum absolute atomic E-state index is 13.1. The molecule has 0 N–H and O–H groups in total. The lowest BCUT2D eigenvalue weighted by Gasteiger charge is -2.36. The van der Waals surface area contributed by atoms with Gasteiger partial charge >= 0.3 is 6.18 Å². The molecular weight excluding hydrogens is 425 g/mol. The van der Waals surface area contributed by atoms with Crippen LogP contribution in [0.25, 0.3) is 0 Å². The van der Waals surface area contributed by atoms with Gasteiger partial charge in [0.25, 0.3) is 0 Å². The van der Waals surface area contributed by atoms with Crippen LogP contribution in [0.1, 0.15) is 18.9 Å². The lowest BCUT2D eigenvalue weighted by Crippen LogP contribution is -2.50. The Balaban J connectivity index is 1.35. The first kappa shape index (κ1) is 22.0. The Labute approximate surface area is 184 Å². The summed E-state index contributed by atoms with van der Waals surface area (Å²) in [5.41, 5.74) is 0.236. The minimum absolute atomic E-state index is 0.0863.